The third-order valence-corrected chi connectivity index (χ3v) is 6.94. The van der Waals surface area contributed by atoms with Crippen LogP contribution in [-0.2, 0) is 22.4 Å². The van der Waals surface area contributed by atoms with Crippen molar-refractivity contribution in [2.75, 3.05) is 13.1 Å². The second kappa shape index (κ2) is 8.44. The summed E-state index contributed by atoms with van der Waals surface area (Å²) in [7, 11) is 0. The van der Waals surface area contributed by atoms with Crippen LogP contribution in [0, 0.1) is 12.3 Å². The molecule has 2 heterocycles. The van der Waals surface area contributed by atoms with Crippen LogP contribution in [0.5, 0.6) is 0 Å². The summed E-state index contributed by atoms with van der Waals surface area (Å²) in [5, 5.41) is 2.05. The molecule has 1 saturated heterocycles. The minimum Gasteiger partial charge on any atom is -0.369 e. The van der Waals surface area contributed by atoms with Gasteiger partial charge in [0.15, 0.2) is 0 Å². The third kappa shape index (κ3) is 4.17. The van der Waals surface area contributed by atoms with Crippen molar-refractivity contribution in [3.8, 4) is 10.4 Å². The summed E-state index contributed by atoms with van der Waals surface area (Å²) in [6.07, 6.45) is 1.49. The lowest BCUT2D eigenvalue weighted by molar-refractivity contribution is -0.131. The van der Waals surface area contributed by atoms with Crippen LogP contribution in [0.2, 0.25) is 0 Å². The molecule has 4 rings (SSSR count). The number of nitrogens with two attached hydrogens (primary N) is 1. The van der Waals surface area contributed by atoms with Gasteiger partial charge in [-0.25, -0.2) is 0 Å². The molecule has 30 heavy (non-hydrogen) atoms. The molecule has 1 aliphatic heterocycles. The van der Waals surface area contributed by atoms with E-state index < -0.39 is 5.41 Å². The zero-order chi connectivity index (χ0) is 21.1. The quantitative estimate of drug-likeness (QED) is 0.652. The molecule has 0 saturated carbocycles. The normalized spacial score (nSPS) is 18.5. The molecular formula is C25H26N2O2S. The van der Waals surface area contributed by atoms with E-state index in [0.29, 0.717) is 32.4 Å². The highest BCUT2D eigenvalue weighted by Gasteiger charge is 2.45. The fourth-order valence-corrected chi connectivity index (χ4v) is 5.01. The average Bonchev–Trinajstić information content (AvgIpc) is 3.41. The lowest BCUT2D eigenvalue weighted by Gasteiger charge is -2.27. The molecular weight excluding hydrogens is 392 g/mol. The Morgan fingerprint density at radius 3 is 2.53 bits per heavy atom. The number of nitrogens with zero attached hydrogens (tertiary/aromatic N) is 1. The van der Waals surface area contributed by atoms with Crippen LogP contribution in [0.1, 0.15) is 23.1 Å². The maximum Gasteiger partial charge on any atom is 0.227 e. The topological polar surface area (TPSA) is 63.4 Å². The highest BCUT2D eigenvalue weighted by Crippen LogP contribution is 2.38. The first kappa shape index (κ1) is 20.4. The van der Waals surface area contributed by atoms with Crippen molar-refractivity contribution in [3.05, 3.63) is 82.7 Å². The molecule has 1 fully saturated rings. The molecule has 1 aromatic heterocycles. The molecule has 154 valence electrons. The van der Waals surface area contributed by atoms with Crippen LogP contribution in [-0.4, -0.2) is 29.8 Å². The van der Waals surface area contributed by atoms with Crippen LogP contribution in [0.25, 0.3) is 10.4 Å². The SMILES string of the molecule is Cc1ccc(CC(=O)N2CC[C@](Cc3ccccc3-c3cccs3)(C(N)=O)C2)cc1. The van der Waals surface area contributed by atoms with Crippen molar-refractivity contribution in [1.82, 2.24) is 4.90 Å². The van der Waals surface area contributed by atoms with E-state index in [2.05, 4.69) is 23.6 Å². The Hall–Kier alpha value is -2.92. The van der Waals surface area contributed by atoms with E-state index in [0.717, 1.165) is 16.7 Å². The Bertz CT molecular complexity index is 1040. The lowest BCUT2D eigenvalue weighted by atomic mass is 9.79. The Morgan fingerprint density at radius 1 is 1.07 bits per heavy atom. The van der Waals surface area contributed by atoms with Gasteiger partial charge < -0.3 is 10.6 Å². The van der Waals surface area contributed by atoms with Gasteiger partial charge in [-0.1, -0.05) is 60.2 Å². The van der Waals surface area contributed by atoms with E-state index in [-0.39, 0.29) is 11.8 Å². The maximum absolute atomic E-state index is 12.9. The Morgan fingerprint density at radius 2 is 1.83 bits per heavy atom. The van der Waals surface area contributed by atoms with Crippen LogP contribution in [0.15, 0.2) is 66.0 Å². The molecule has 0 aliphatic carbocycles. The zero-order valence-electron chi connectivity index (χ0n) is 17.1. The summed E-state index contributed by atoms with van der Waals surface area (Å²) in [5.41, 5.74) is 9.58. The predicted octanol–water partition coefficient (Wildman–Crippen LogP) is 4.21. The summed E-state index contributed by atoms with van der Waals surface area (Å²) in [5.74, 6) is -0.275. The summed E-state index contributed by atoms with van der Waals surface area (Å²) >= 11 is 1.68. The third-order valence-electron chi connectivity index (χ3n) is 6.04. The Labute approximate surface area is 181 Å². The molecule has 5 heteroatoms. The van der Waals surface area contributed by atoms with Gasteiger partial charge in [0.05, 0.1) is 11.8 Å². The number of carbonyl (C=O) groups is 2. The molecule has 3 aromatic rings. The first-order valence-electron chi connectivity index (χ1n) is 10.2. The number of benzene rings is 2. The maximum atomic E-state index is 12.9. The molecule has 4 nitrogen and oxygen atoms in total. The number of amides is 2. The number of hydrogen-bond donors (Lipinski definition) is 1. The number of carbonyl (C=O) groups excluding carboxylic acids is 2. The van der Waals surface area contributed by atoms with Gasteiger partial charge in [0.1, 0.15) is 0 Å². The fraction of sp³-hybridized carbons (Fsp3) is 0.280. The Kier molecular flexibility index (Phi) is 5.73. The number of hydrogen-bond acceptors (Lipinski definition) is 3. The first-order chi connectivity index (χ1) is 14.5. The Balaban J connectivity index is 1.53. The number of likely N-dealkylation sites (tertiary alicyclic amines) is 1. The monoisotopic (exact) mass is 418 g/mol. The van der Waals surface area contributed by atoms with Gasteiger partial charge in [-0.3, -0.25) is 9.59 Å². The van der Waals surface area contributed by atoms with Crippen molar-refractivity contribution in [3.63, 3.8) is 0 Å². The van der Waals surface area contributed by atoms with Gasteiger partial charge in [-0.05, 0) is 47.9 Å². The van der Waals surface area contributed by atoms with Crippen LogP contribution >= 0.6 is 11.3 Å². The molecule has 2 amide bonds. The van der Waals surface area contributed by atoms with E-state index in [1.807, 2.05) is 49.4 Å². The van der Waals surface area contributed by atoms with Gasteiger partial charge in [-0.15, -0.1) is 11.3 Å². The number of primary amides is 1. The van der Waals surface area contributed by atoms with Crippen LogP contribution < -0.4 is 5.73 Å². The standard InChI is InChI=1S/C25H26N2O2S/c1-18-8-10-19(11-9-18)15-23(28)27-13-12-25(17-27,24(26)29)16-20-5-2-3-6-21(20)22-7-4-14-30-22/h2-11,14H,12-13,15-17H2,1H3,(H2,26,29)/t25-/m1/s1. The molecule has 2 N–H and O–H groups in total. The smallest absolute Gasteiger partial charge is 0.227 e. The summed E-state index contributed by atoms with van der Waals surface area (Å²) < 4.78 is 0. The van der Waals surface area contributed by atoms with Gasteiger partial charge in [-0.2, -0.15) is 0 Å². The number of aryl methyl sites for hydroxylation is 1. The average molecular weight is 419 g/mol. The van der Waals surface area contributed by atoms with Crippen molar-refractivity contribution in [2.24, 2.45) is 11.1 Å². The summed E-state index contributed by atoms with van der Waals surface area (Å²) in [4.78, 5) is 28.4. The van der Waals surface area contributed by atoms with E-state index in [1.54, 1.807) is 16.2 Å². The minimum absolute atomic E-state index is 0.0496. The fourth-order valence-electron chi connectivity index (χ4n) is 4.22. The van der Waals surface area contributed by atoms with E-state index in [1.165, 1.54) is 10.4 Å². The van der Waals surface area contributed by atoms with Crippen molar-refractivity contribution >= 4 is 23.2 Å². The van der Waals surface area contributed by atoms with Crippen LogP contribution in [0.3, 0.4) is 0 Å². The molecule has 0 bridgehead atoms. The van der Waals surface area contributed by atoms with Crippen molar-refractivity contribution in [1.29, 1.82) is 0 Å². The van der Waals surface area contributed by atoms with E-state index >= 15 is 0 Å². The second-order valence-electron chi connectivity index (χ2n) is 8.18. The number of thiophene rings is 1. The van der Waals surface area contributed by atoms with Crippen molar-refractivity contribution in [2.45, 2.75) is 26.2 Å². The summed E-state index contributed by atoms with van der Waals surface area (Å²) in [6.45, 7) is 2.97. The van der Waals surface area contributed by atoms with E-state index in [9.17, 15) is 9.59 Å². The van der Waals surface area contributed by atoms with Gasteiger partial charge in [0, 0.05) is 18.0 Å². The van der Waals surface area contributed by atoms with Gasteiger partial charge in [0.25, 0.3) is 0 Å². The molecule has 0 radical (unpaired) electrons. The number of rotatable bonds is 6. The molecule has 1 aliphatic rings. The molecule has 2 aromatic carbocycles. The second-order valence-corrected chi connectivity index (χ2v) is 9.13. The first-order valence-corrected chi connectivity index (χ1v) is 11.1. The van der Waals surface area contributed by atoms with Gasteiger partial charge >= 0.3 is 0 Å². The largest absolute Gasteiger partial charge is 0.369 e. The molecule has 0 unspecified atom stereocenters. The van der Waals surface area contributed by atoms with Gasteiger partial charge in [0.2, 0.25) is 11.8 Å². The molecule has 1 atom stereocenters. The molecule has 0 spiro atoms. The zero-order valence-corrected chi connectivity index (χ0v) is 18.0. The van der Waals surface area contributed by atoms with E-state index in [4.69, 9.17) is 5.73 Å². The minimum atomic E-state index is -0.726. The lowest BCUT2D eigenvalue weighted by Crippen LogP contribution is -2.42. The predicted molar refractivity (Wildman–Crippen MR) is 121 cm³/mol. The highest BCUT2D eigenvalue weighted by molar-refractivity contribution is 7.13. The van der Waals surface area contributed by atoms with Crippen molar-refractivity contribution < 1.29 is 9.59 Å². The highest BCUT2D eigenvalue weighted by atomic mass is 32.1. The summed E-state index contributed by atoms with van der Waals surface area (Å²) in [6, 6.07) is 20.3. The van der Waals surface area contributed by atoms with Crippen LogP contribution in [0.4, 0.5) is 0 Å².